The van der Waals surface area contributed by atoms with Crippen LogP contribution in [0.5, 0.6) is 0 Å². The fourth-order valence-corrected chi connectivity index (χ4v) is 2.90. The Morgan fingerprint density at radius 3 is 2.57 bits per heavy atom. The normalized spacial score (nSPS) is 18.1. The number of hydrogen-bond acceptors (Lipinski definition) is 2. The van der Waals surface area contributed by atoms with Crippen molar-refractivity contribution in [1.82, 2.24) is 10.2 Å². The van der Waals surface area contributed by atoms with Gasteiger partial charge < -0.3 is 5.32 Å². The summed E-state index contributed by atoms with van der Waals surface area (Å²) in [4.78, 5) is 2.32. The van der Waals surface area contributed by atoms with Crippen LogP contribution in [0, 0.1) is 11.7 Å². The number of likely N-dealkylation sites (tertiary alicyclic amines) is 1. The molecule has 1 heterocycles. The van der Waals surface area contributed by atoms with Crippen molar-refractivity contribution in [2.45, 2.75) is 45.7 Å². The van der Waals surface area contributed by atoms with Gasteiger partial charge in [-0.2, -0.15) is 0 Å². The smallest absolute Gasteiger partial charge is 0.146 e. The lowest BCUT2D eigenvalue weighted by molar-refractivity contribution is 0.168. The van der Waals surface area contributed by atoms with Crippen molar-refractivity contribution in [2.75, 3.05) is 19.6 Å². The van der Waals surface area contributed by atoms with Crippen LogP contribution in [-0.2, 0) is 6.54 Å². The molecule has 0 spiro atoms. The highest BCUT2D eigenvalue weighted by Crippen LogP contribution is 2.23. The van der Waals surface area contributed by atoms with E-state index in [0.717, 1.165) is 25.6 Å². The molecule has 1 aliphatic heterocycles. The first kappa shape index (κ1) is 16.7. The first-order valence-electron chi connectivity index (χ1n) is 7.75. The molecule has 0 amide bonds. The number of halogens is 2. The number of nitrogens with zero attached hydrogens (tertiary/aromatic N) is 1. The van der Waals surface area contributed by atoms with Crippen LogP contribution in [0.3, 0.4) is 0 Å². The minimum absolute atomic E-state index is 0.182. The Morgan fingerprint density at radius 2 is 1.95 bits per heavy atom. The average molecular weight is 313 g/mol. The van der Waals surface area contributed by atoms with Gasteiger partial charge in [0.2, 0.25) is 0 Å². The van der Waals surface area contributed by atoms with E-state index in [2.05, 4.69) is 31.0 Å². The number of rotatable bonds is 4. The average Bonchev–Trinajstić information content (AvgIpc) is 2.42. The van der Waals surface area contributed by atoms with Crippen LogP contribution in [0.25, 0.3) is 0 Å². The zero-order valence-corrected chi connectivity index (χ0v) is 14.0. The minimum atomic E-state index is -0.268. The second kappa shape index (κ2) is 7.08. The summed E-state index contributed by atoms with van der Waals surface area (Å²) in [6, 6.07) is 5.25. The fourth-order valence-electron chi connectivity index (χ4n) is 2.71. The van der Waals surface area contributed by atoms with E-state index in [1.54, 1.807) is 6.07 Å². The van der Waals surface area contributed by atoms with Crippen LogP contribution in [-0.4, -0.2) is 30.1 Å². The van der Waals surface area contributed by atoms with E-state index >= 15 is 0 Å². The van der Waals surface area contributed by atoms with Crippen LogP contribution in [0.1, 0.15) is 39.2 Å². The number of benzene rings is 1. The summed E-state index contributed by atoms with van der Waals surface area (Å²) in [5.41, 5.74) is 0.884. The molecule has 0 saturated carbocycles. The minimum Gasteiger partial charge on any atom is -0.312 e. The number of nitrogens with one attached hydrogen (secondary N) is 1. The molecule has 118 valence electrons. The van der Waals surface area contributed by atoms with E-state index in [9.17, 15) is 4.39 Å². The topological polar surface area (TPSA) is 15.3 Å². The molecule has 0 atom stereocenters. The van der Waals surface area contributed by atoms with Gasteiger partial charge in [-0.05, 0) is 65.2 Å². The van der Waals surface area contributed by atoms with E-state index in [-0.39, 0.29) is 16.4 Å². The standard InChI is InChI=1S/C17H26ClFN2/c1-17(2,3)20-11-13-7-9-21(10-8-13)12-14-5-4-6-15(18)16(14)19/h4-6,13,20H,7-12H2,1-3H3. The van der Waals surface area contributed by atoms with Crippen molar-refractivity contribution in [3.8, 4) is 0 Å². The molecule has 1 aromatic rings. The van der Waals surface area contributed by atoms with Gasteiger partial charge >= 0.3 is 0 Å². The molecule has 1 saturated heterocycles. The molecule has 1 aliphatic rings. The third-order valence-corrected chi connectivity index (χ3v) is 4.35. The van der Waals surface area contributed by atoms with Gasteiger partial charge in [-0.1, -0.05) is 23.7 Å². The summed E-state index contributed by atoms with van der Waals surface area (Å²) in [7, 11) is 0. The number of hydrogen-bond donors (Lipinski definition) is 1. The summed E-state index contributed by atoms with van der Waals surface area (Å²) < 4.78 is 13.9. The van der Waals surface area contributed by atoms with Crippen LogP contribution in [0.2, 0.25) is 5.02 Å². The summed E-state index contributed by atoms with van der Waals surface area (Å²) in [6.45, 7) is 10.4. The largest absolute Gasteiger partial charge is 0.312 e. The molecule has 1 N–H and O–H groups in total. The molecule has 4 heteroatoms. The SMILES string of the molecule is CC(C)(C)NCC1CCN(Cc2cccc(Cl)c2F)CC1. The van der Waals surface area contributed by atoms with E-state index < -0.39 is 0 Å². The Bertz CT molecular complexity index is 462. The van der Waals surface area contributed by atoms with Crippen LogP contribution in [0.4, 0.5) is 4.39 Å². The highest BCUT2D eigenvalue weighted by molar-refractivity contribution is 6.30. The van der Waals surface area contributed by atoms with Crippen molar-refractivity contribution in [3.63, 3.8) is 0 Å². The summed E-state index contributed by atoms with van der Waals surface area (Å²) in [6.07, 6.45) is 2.34. The summed E-state index contributed by atoms with van der Waals surface area (Å²) in [5, 5.41) is 3.80. The highest BCUT2D eigenvalue weighted by atomic mass is 35.5. The van der Waals surface area contributed by atoms with E-state index in [0.29, 0.717) is 12.1 Å². The zero-order chi connectivity index (χ0) is 15.5. The Labute approximate surface area is 132 Å². The van der Waals surface area contributed by atoms with E-state index in [1.165, 1.54) is 12.8 Å². The molecule has 0 aromatic heterocycles. The van der Waals surface area contributed by atoms with E-state index in [1.807, 2.05) is 12.1 Å². The van der Waals surface area contributed by atoms with Crippen molar-refractivity contribution >= 4 is 11.6 Å². The lowest BCUT2D eigenvalue weighted by Crippen LogP contribution is -2.42. The van der Waals surface area contributed by atoms with Gasteiger partial charge in [0.05, 0.1) is 5.02 Å². The second-order valence-electron chi connectivity index (χ2n) is 7.06. The maximum Gasteiger partial charge on any atom is 0.146 e. The second-order valence-corrected chi connectivity index (χ2v) is 7.47. The molecule has 0 bridgehead atoms. The molecular formula is C17H26ClFN2. The van der Waals surface area contributed by atoms with Gasteiger partial charge in [0.25, 0.3) is 0 Å². The molecule has 2 rings (SSSR count). The Hall–Kier alpha value is -0.640. The third kappa shape index (κ3) is 5.24. The van der Waals surface area contributed by atoms with Gasteiger partial charge in [0.15, 0.2) is 0 Å². The fraction of sp³-hybridized carbons (Fsp3) is 0.647. The van der Waals surface area contributed by atoms with Crippen molar-refractivity contribution in [3.05, 3.63) is 34.6 Å². The van der Waals surface area contributed by atoms with E-state index in [4.69, 9.17) is 11.6 Å². The molecule has 0 unspecified atom stereocenters. The van der Waals surface area contributed by atoms with Gasteiger partial charge in [-0.25, -0.2) is 4.39 Å². The third-order valence-electron chi connectivity index (χ3n) is 4.05. The first-order valence-corrected chi connectivity index (χ1v) is 8.13. The molecule has 2 nitrogen and oxygen atoms in total. The zero-order valence-electron chi connectivity index (χ0n) is 13.3. The molecular weight excluding hydrogens is 287 g/mol. The highest BCUT2D eigenvalue weighted by Gasteiger charge is 2.21. The molecule has 0 aliphatic carbocycles. The molecule has 1 fully saturated rings. The molecule has 21 heavy (non-hydrogen) atoms. The monoisotopic (exact) mass is 312 g/mol. The maximum atomic E-state index is 13.9. The summed E-state index contributed by atoms with van der Waals surface area (Å²) in [5.74, 6) is 0.459. The quantitative estimate of drug-likeness (QED) is 0.901. The van der Waals surface area contributed by atoms with Crippen LogP contribution in [0.15, 0.2) is 18.2 Å². The van der Waals surface area contributed by atoms with Crippen LogP contribution < -0.4 is 5.32 Å². The lowest BCUT2D eigenvalue weighted by atomic mass is 9.95. The Balaban J connectivity index is 1.80. The van der Waals surface area contributed by atoms with Crippen molar-refractivity contribution in [1.29, 1.82) is 0 Å². The predicted octanol–water partition coefficient (Wildman–Crippen LogP) is 4.08. The van der Waals surface area contributed by atoms with Crippen molar-refractivity contribution < 1.29 is 4.39 Å². The summed E-state index contributed by atoms with van der Waals surface area (Å²) >= 11 is 5.84. The van der Waals surface area contributed by atoms with Gasteiger partial charge in [-0.15, -0.1) is 0 Å². The molecule has 0 radical (unpaired) electrons. The van der Waals surface area contributed by atoms with Gasteiger partial charge in [0, 0.05) is 17.6 Å². The van der Waals surface area contributed by atoms with Gasteiger partial charge in [-0.3, -0.25) is 4.90 Å². The van der Waals surface area contributed by atoms with Crippen LogP contribution >= 0.6 is 11.6 Å². The number of piperidine rings is 1. The predicted molar refractivity (Wildman–Crippen MR) is 87.2 cm³/mol. The Morgan fingerprint density at radius 1 is 1.29 bits per heavy atom. The lowest BCUT2D eigenvalue weighted by Gasteiger charge is -2.33. The van der Waals surface area contributed by atoms with Crippen molar-refractivity contribution in [2.24, 2.45) is 5.92 Å². The maximum absolute atomic E-state index is 13.9. The molecule has 1 aromatic carbocycles. The Kier molecular flexibility index (Phi) is 5.64. The first-order chi connectivity index (χ1) is 9.85. The van der Waals surface area contributed by atoms with Gasteiger partial charge in [0.1, 0.15) is 5.82 Å².